The highest BCUT2D eigenvalue weighted by Crippen LogP contribution is 2.28. The van der Waals surface area contributed by atoms with E-state index < -0.39 is 5.91 Å². The molecule has 0 aliphatic carbocycles. The first-order valence-electron chi connectivity index (χ1n) is 8.98. The number of aromatic nitrogens is 3. The molecule has 0 spiro atoms. The first-order valence-corrected chi connectivity index (χ1v) is 10.2. The molecule has 0 saturated carbocycles. The van der Waals surface area contributed by atoms with Crippen molar-refractivity contribution in [3.8, 4) is 5.75 Å². The number of nitrogens with one attached hydrogen (secondary N) is 1. The summed E-state index contributed by atoms with van der Waals surface area (Å²) in [5, 5.41) is 7.36. The van der Waals surface area contributed by atoms with Crippen LogP contribution in [-0.4, -0.2) is 20.7 Å². The number of carbonyl (C=O) groups excluding carboxylic acids is 1. The van der Waals surface area contributed by atoms with Crippen molar-refractivity contribution in [3.05, 3.63) is 93.6 Å². The molecular weight excluding hydrogens is 472 g/mol. The third-order valence-electron chi connectivity index (χ3n) is 4.10. The molecule has 30 heavy (non-hydrogen) atoms. The van der Waals surface area contributed by atoms with Crippen LogP contribution in [0, 0.1) is 0 Å². The number of benzene rings is 2. The van der Waals surface area contributed by atoms with Gasteiger partial charge in [0.2, 0.25) is 5.95 Å². The topological polar surface area (TPSA) is 82.2 Å². The monoisotopic (exact) mass is 486 g/mol. The van der Waals surface area contributed by atoms with Gasteiger partial charge in [-0.2, -0.15) is 0 Å². The van der Waals surface area contributed by atoms with E-state index >= 15 is 0 Å². The van der Waals surface area contributed by atoms with Gasteiger partial charge in [0.25, 0.3) is 5.91 Å². The van der Waals surface area contributed by atoms with E-state index in [4.69, 9.17) is 20.8 Å². The Hall–Kier alpha value is -3.10. The maximum absolute atomic E-state index is 12.4. The van der Waals surface area contributed by atoms with E-state index in [0.29, 0.717) is 23.1 Å². The number of hydrogen-bond donors (Lipinski definition) is 1. The van der Waals surface area contributed by atoms with E-state index in [2.05, 4.69) is 31.3 Å². The summed E-state index contributed by atoms with van der Waals surface area (Å²) in [7, 11) is 0. The molecule has 0 saturated heterocycles. The number of nitrogens with zero attached hydrogens (tertiary/aromatic N) is 3. The molecule has 0 fully saturated rings. The largest absolute Gasteiger partial charge is 0.484 e. The van der Waals surface area contributed by atoms with Gasteiger partial charge in [-0.3, -0.25) is 10.1 Å². The number of anilines is 1. The average Bonchev–Trinajstić information content (AvgIpc) is 3.38. The minimum absolute atomic E-state index is 0.134. The van der Waals surface area contributed by atoms with Crippen molar-refractivity contribution in [1.82, 2.24) is 14.8 Å². The van der Waals surface area contributed by atoms with Crippen LogP contribution in [0.4, 0.5) is 5.95 Å². The fourth-order valence-corrected chi connectivity index (χ4v) is 3.41. The predicted molar refractivity (Wildman–Crippen MR) is 116 cm³/mol. The highest BCUT2D eigenvalue weighted by Gasteiger charge is 2.14. The van der Waals surface area contributed by atoms with Crippen molar-refractivity contribution in [2.75, 3.05) is 5.32 Å². The molecule has 0 atom stereocenters. The molecule has 0 unspecified atom stereocenters. The fourth-order valence-electron chi connectivity index (χ4n) is 2.68. The molecular formula is C21H16BrClN4O3. The Morgan fingerprint density at radius 2 is 2.00 bits per heavy atom. The van der Waals surface area contributed by atoms with E-state index in [1.165, 1.54) is 0 Å². The average molecular weight is 488 g/mol. The Labute approximate surface area is 185 Å². The lowest BCUT2D eigenvalue weighted by Crippen LogP contribution is -2.12. The van der Waals surface area contributed by atoms with Gasteiger partial charge in [0, 0.05) is 4.47 Å². The molecule has 0 radical (unpaired) electrons. The lowest BCUT2D eigenvalue weighted by Gasteiger charge is -2.06. The van der Waals surface area contributed by atoms with Crippen molar-refractivity contribution in [3.63, 3.8) is 0 Å². The molecule has 152 valence electrons. The minimum atomic E-state index is -0.444. The van der Waals surface area contributed by atoms with Gasteiger partial charge in [-0.1, -0.05) is 57.9 Å². The molecule has 2 aromatic heterocycles. The zero-order valence-electron chi connectivity index (χ0n) is 15.6. The summed E-state index contributed by atoms with van der Waals surface area (Å²) in [6.07, 6.45) is 1.56. The summed E-state index contributed by atoms with van der Waals surface area (Å²) < 4.78 is 13.7. The fraction of sp³-hybridized carbons (Fsp3) is 0.0952. The van der Waals surface area contributed by atoms with E-state index in [9.17, 15) is 4.79 Å². The van der Waals surface area contributed by atoms with Gasteiger partial charge < -0.3 is 9.15 Å². The predicted octanol–water partition coefficient (Wildman–Crippen LogP) is 5.17. The highest BCUT2D eigenvalue weighted by atomic mass is 79.9. The standard InChI is InChI=1S/C21H16BrClN4O3/c22-15-6-8-18(17(23)10-15)29-12-16-7-9-19(30-16)20(28)25-21-24-13-27(26-21)11-14-4-2-1-3-5-14/h1-10,13H,11-12H2,(H,25,26,28). The summed E-state index contributed by atoms with van der Waals surface area (Å²) in [6.45, 7) is 0.698. The van der Waals surface area contributed by atoms with Gasteiger partial charge in [-0.25, -0.2) is 9.67 Å². The summed E-state index contributed by atoms with van der Waals surface area (Å²) in [4.78, 5) is 16.5. The molecule has 0 bridgehead atoms. The second kappa shape index (κ2) is 9.15. The molecule has 0 aliphatic heterocycles. The van der Waals surface area contributed by atoms with Crippen LogP contribution in [0.25, 0.3) is 0 Å². The Morgan fingerprint density at radius 1 is 1.17 bits per heavy atom. The van der Waals surface area contributed by atoms with Gasteiger partial charge in [-0.15, -0.1) is 5.10 Å². The van der Waals surface area contributed by atoms with Crippen molar-refractivity contribution >= 4 is 39.4 Å². The van der Waals surface area contributed by atoms with E-state index in [-0.39, 0.29) is 18.3 Å². The van der Waals surface area contributed by atoms with Crippen LogP contribution in [0.1, 0.15) is 21.9 Å². The third kappa shape index (κ3) is 5.08. The molecule has 1 N–H and O–H groups in total. The number of halogens is 2. The number of carbonyl (C=O) groups is 1. The molecule has 2 aromatic carbocycles. The smallest absolute Gasteiger partial charge is 0.293 e. The molecule has 4 rings (SSSR count). The molecule has 0 aliphatic rings. The quantitative estimate of drug-likeness (QED) is 0.389. The van der Waals surface area contributed by atoms with Gasteiger partial charge in [0.1, 0.15) is 24.4 Å². The second-order valence-corrected chi connectivity index (χ2v) is 7.66. The van der Waals surface area contributed by atoms with Crippen LogP contribution in [0.5, 0.6) is 5.75 Å². The van der Waals surface area contributed by atoms with Crippen LogP contribution in [-0.2, 0) is 13.2 Å². The highest BCUT2D eigenvalue weighted by molar-refractivity contribution is 9.10. The summed E-state index contributed by atoms with van der Waals surface area (Å²) in [5.41, 5.74) is 1.09. The molecule has 1 amide bonds. The normalized spacial score (nSPS) is 10.7. The van der Waals surface area contributed by atoms with Crippen LogP contribution in [0.15, 0.2) is 75.9 Å². The maximum atomic E-state index is 12.4. The second-order valence-electron chi connectivity index (χ2n) is 6.33. The Kier molecular flexibility index (Phi) is 6.15. The van der Waals surface area contributed by atoms with Crippen molar-refractivity contribution < 1.29 is 13.9 Å². The van der Waals surface area contributed by atoms with Crippen molar-refractivity contribution in [2.45, 2.75) is 13.2 Å². The summed E-state index contributed by atoms with van der Waals surface area (Å²) in [5.74, 6) is 0.902. The minimum Gasteiger partial charge on any atom is -0.484 e. The molecule has 4 aromatic rings. The number of furan rings is 1. The SMILES string of the molecule is O=C(Nc1ncn(Cc2ccccc2)n1)c1ccc(COc2ccc(Br)cc2Cl)o1. The number of amides is 1. The zero-order valence-corrected chi connectivity index (χ0v) is 17.9. The Morgan fingerprint density at radius 3 is 2.80 bits per heavy atom. The Balaban J connectivity index is 1.34. The number of ether oxygens (including phenoxy) is 1. The van der Waals surface area contributed by atoms with Gasteiger partial charge in [-0.05, 0) is 35.9 Å². The molecule has 2 heterocycles. The van der Waals surface area contributed by atoms with E-state index in [0.717, 1.165) is 10.0 Å². The maximum Gasteiger partial charge on any atom is 0.293 e. The lowest BCUT2D eigenvalue weighted by atomic mass is 10.2. The first-order chi connectivity index (χ1) is 14.6. The summed E-state index contributed by atoms with van der Waals surface area (Å²) >= 11 is 9.47. The van der Waals surface area contributed by atoms with Crippen LogP contribution >= 0.6 is 27.5 Å². The van der Waals surface area contributed by atoms with Crippen LogP contribution in [0.3, 0.4) is 0 Å². The molecule has 9 heteroatoms. The Bertz CT molecular complexity index is 1160. The van der Waals surface area contributed by atoms with Crippen molar-refractivity contribution in [2.24, 2.45) is 0 Å². The number of rotatable bonds is 7. The van der Waals surface area contributed by atoms with Gasteiger partial charge in [0.05, 0.1) is 11.6 Å². The van der Waals surface area contributed by atoms with Gasteiger partial charge in [0.15, 0.2) is 5.76 Å². The van der Waals surface area contributed by atoms with E-state index in [1.54, 1.807) is 35.3 Å². The first kappa shape index (κ1) is 20.2. The van der Waals surface area contributed by atoms with E-state index in [1.807, 2.05) is 36.4 Å². The lowest BCUT2D eigenvalue weighted by molar-refractivity contribution is 0.0991. The van der Waals surface area contributed by atoms with Crippen LogP contribution in [0.2, 0.25) is 5.02 Å². The van der Waals surface area contributed by atoms with Crippen molar-refractivity contribution in [1.29, 1.82) is 0 Å². The third-order valence-corrected chi connectivity index (χ3v) is 4.89. The van der Waals surface area contributed by atoms with Crippen LogP contribution < -0.4 is 10.1 Å². The summed E-state index contributed by atoms with van der Waals surface area (Å²) in [6, 6.07) is 18.4. The zero-order chi connectivity index (χ0) is 20.9. The van der Waals surface area contributed by atoms with Gasteiger partial charge >= 0.3 is 0 Å². The number of hydrogen-bond acceptors (Lipinski definition) is 5. The molecule has 7 nitrogen and oxygen atoms in total.